The molecule has 5 rings (SSSR count). The summed E-state index contributed by atoms with van der Waals surface area (Å²) in [6, 6.07) is 22.5. The summed E-state index contributed by atoms with van der Waals surface area (Å²) in [5.74, 6) is 2.42. The molecule has 3 aromatic carbocycles. The molecule has 1 atom stereocenters. The molecule has 6 heteroatoms. The van der Waals surface area contributed by atoms with Crippen molar-refractivity contribution < 1.29 is 4.74 Å². The zero-order valence-electron chi connectivity index (χ0n) is 16.0. The Bertz CT molecular complexity index is 1180. The number of hydrogen-bond donors (Lipinski definition) is 1. The zero-order valence-corrected chi connectivity index (χ0v) is 16.8. The number of hydrogen-bond acceptors (Lipinski definition) is 6. The third-order valence-corrected chi connectivity index (χ3v) is 5.91. The Hall–Kier alpha value is -3.12. The Labute approximate surface area is 173 Å². The van der Waals surface area contributed by atoms with E-state index in [2.05, 4.69) is 52.8 Å². The van der Waals surface area contributed by atoms with E-state index >= 15 is 0 Å². The minimum absolute atomic E-state index is 0.385. The standard InChI is InChI=1S/C23H20N4OS/c1-2-14-29-23-25-21-20(26-27-23)18-11-5-6-13-19(18)28-22(24-21)17-12-7-9-15-8-3-4-10-16(15)17/h3-13,22H,2,14H2,1H3,(H,24,25,27)/t22-/m1/s1. The van der Waals surface area contributed by atoms with Crippen molar-refractivity contribution in [1.29, 1.82) is 0 Å². The number of thioether (sulfide) groups is 1. The smallest absolute Gasteiger partial charge is 0.211 e. The SMILES string of the molecule is CCCSc1nnc2c(n1)N[C@@H](c1cccc3ccccc13)Oc1ccccc1-2. The van der Waals surface area contributed by atoms with E-state index in [1.807, 2.05) is 36.4 Å². The third kappa shape index (κ3) is 3.40. The zero-order chi connectivity index (χ0) is 19.6. The van der Waals surface area contributed by atoms with Gasteiger partial charge in [0, 0.05) is 16.9 Å². The summed E-state index contributed by atoms with van der Waals surface area (Å²) in [4.78, 5) is 4.76. The van der Waals surface area contributed by atoms with Crippen LogP contribution in [0, 0.1) is 0 Å². The van der Waals surface area contributed by atoms with Crippen molar-refractivity contribution in [3.8, 4) is 17.0 Å². The van der Waals surface area contributed by atoms with Gasteiger partial charge in [0.2, 0.25) is 5.16 Å². The van der Waals surface area contributed by atoms with Crippen molar-refractivity contribution in [1.82, 2.24) is 15.2 Å². The Balaban J connectivity index is 1.65. The maximum Gasteiger partial charge on any atom is 0.211 e. The van der Waals surface area contributed by atoms with Gasteiger partial charge in [-0.15, -0.1) is 10.2 Å². The summed E-state index contributed by atoms with van der Waals surface area (Å²) < 4.78 is 6.43. The number of ether oxygens (including phenoxy) is 1. The molecule has 1 aliphatic rings. The van der Waals surface area contributed by atoms with E-state index in [0.717, 1.165) is 34.4 Å². The lowest BCUT2D eigenvalue weighted by molar-refractivity contribution is 0.239. The molecule has 1 N–H and O–H groups in total. The van der Waals surface area contributed by atoms with Crippen LogP contribution in [0.2, 0.25) is 0 Å². The monoisotopic (exact) mass is 400 g/mol. The Morgan fingerprint density at radius 1 is 0.966 bits per heavy atom. The van der Waals surface area contributed by atoms with E-state index in [9.17, 15) is 0 Å². The van der Waals surface area contributed by atoms with E-state index in [-0.39, 0.29) is 6.23 Å². The number of rotatable bonds is 4. The van der Waals surface area contributed by atoms with Gasteiger partial charge < -0.3 is 10.1 Å². The average molecular weight is 401 g/mol. The molecule has 0 fully saturated rings. The molecule has 0 unspecified atom stereocenters. The van der Waals surface area contributed by atoms with Crippen molar-refractivity contribution in [2.24, 2.45) is 0 Å². The predicted molar refractivity (Wildman–Crippen MR) is 117 cm³/mol. The van der Waals surface area contributed by atoms with Crippen LogP contribution >= 0.6 is 11.8 Å². The van der Waals surface area contributed by atoms with Crippen LogP contribution in [0.15, 0.2) is 71.9 Å². The first-order chi connectivity index (χ1) is 14.3. The fourth-order valence-corrected chi connectivity index (χ4v) is 4.15. The molecule has 0 saturated carbocycles. The average Bonchev–Trinajstić information content (AvgIpc) is 2.93. The van der Waals surface area contributed by atoms with Crippen LogP contribution in [-0.4, -0.2) is 20.9 Å². The highest BCUT2D eigenvalue weighted by Gasteiger charge is 2.26. The number of aromatic nitrogens is 3. The lowest BCUT2D eigenvalue weighted by atomic mass is 10.0. The fraction of sp³-hybridized carbons (Fsp3) is 0.174. The molecule has 144 valence electrons. The van der Waals surface area contributed by atoms with Crippen LogP contribution in [-0.2, 0) is 0 Å². The summed E-state index contributed by atoms with van der Waals surface area (Å²) in [5.41, 5.74) is 2.67. The van der Waals surface area contributed by atoms with Gasteiger partial charge in [-0.05, 0) is 29.3 Å². The van der Waals surface area contributed by atoms with Gasteiger partial charge in [-0.2, -0.15) is 0 Å². The van der Waals surface area contributed by atoms with E-state index in [4.69, 9.17) is 9.72 Å². The number of nitrogens with one attached hydrogen (secondary N) is 1. The van der Waals surface area contributed by atoms with Gasteiger partial charge in [-0.1, -0.05) is 73.3 Å². The molecule has 1 aromatic heterocycles. The first kappa shape index (κ1) is 17.9. The first-order valence-electron chi connectivity index (χ1n) is 9.71. The van der Waals surface area contributed by atoms with Gasteiger partial charge in [-0.3, -0.25) is 0 Å². The summed E-state index contributed by atoms with van der Waals surface area (Å²) >= 11 is 1.62. The van der Waals surface area contributed by atoms with Crippen molar-refractivity contribution >= 4 is 28.4 Å². The molecule has 0 spiro atoms. The van der Waals surface area contributed by atoms with Crippen molar-refractivity contribution in [3.05, 3.63) is 72.3 Å². The molecular weight excluding hydrogens is 380 g/mol. The molecule has 0 bridgehead atoms. The molecule has 0 amide bonds. The summed E-state index contributed by atoms with van der Waals surface area (Å²) in [5, 5.41) is 15.3. The third-order valence-electron chi connectivity index (χ3n) is 4.86. The van der Waals surface area contributed by atoms with E-state index < -0.39 is 0 Å². The van der Waals surface area contributed by atoms with E-state index in [1.165, 1.54) is 5.39 Å². The van der Waals surface area contributed by atoms with Crippen molar-refractivity contribution in [2.75, 3.05) is 11.1 Å². The highest BCUT2D eigenvalue weighted by molar-refractivity contribution is 7.99. The molecule has 5 nitrogen and oxygen atoms in total. The van der Waals surface area contributed by atoms with Crippen LogP contribution in [0.4, 0.5) is 5.82 Å². The summed E-state index contributed by atoms with van der Waals surface area (Å²) in [7, 11) is 0. The molecule has 2 heterocycles. The fourth-order valence-electron chi connectivity index (χ4n) is 3.51. The highest BCUT2D eigenvalue weighted by atomic mass is 32.2. The van der Waals surface area contributed by atoms with Gasteiger partial charge in [0.15, 0.2) is 12.0 Å². The Kier molecular flexibility index (Phi) is 4.77. The van der Waals surface area contributed by atoms with Crippen LogP contribution in [0.1, 0.15) is 25.1 Å². The number of nitrogens with zero attached hydrogens (tertiary/aromatic N) is 3. The molecule has 0 radical (unpaired) electrons. The van der Waals surface area contributed by atoms with Crippen LogP contribution in [0.3, 0.4) is 0 Å². The lowest BCUT2D eigenvalue weighted by Crippen LogP contribution is -2.18. The van der Waals surface area contributed by atoms with Gasteiger partial charge >= 0.3 is 0 Å². The Morgan fingerprint density at radius 3 is 2.72 bits per heavy atom. The van der Waals surface area contributed by atoms with Crippen molar-refractivity contribution in [3.63, 3.8) is 0 Å². The number of anilines is 1. The van der Waals surface area contributed by atoms with E-state index in [0.29, 0.717) is 16.7 Å². The predicted octanol–water partition coefficient (Wildman–Crippen LogP) is 5.70. The second kappa shape index (κ2) is 7.72. The molecule has 0 aliphatic carbocycles. The van der Waals surface area contributed by atoms with Crippen LogP contribution in [0.5, 0.6) is 5.75 Å². The highest BCUT2D eigenvalue weighted by Crippen LogP contribution is 2.40. The molecule has 29 heavy (non-hydrogen) atoms. The minimum Gasteiger partial charge on any atom is -0.466 e. The summed E-state index contributed by atoms with van der Waals surface area (Å²) in [6.07, 6.45) is 0.674. The largest absolute Gasteiger partial charge is 0.466 e. The van der Waals surface area contributed by atoms with Gasteiger partial charge in [-0.25, -0.2) is 4.98 Å². The maximum absolute atomic E-state index is 6.43. The van der Waals surface area contributed by atoms with Gasteiger partial charge in [0.1, 0.15) is 11.4 Å². The quantitative estimate of drug-likeness (QED) is 0.444. The first-order valence-corrected chi connectivity index (χ1v) is 10.7. The van der Waals surface area contributed by atoms with Crippen LogP contribution in [0.25, 0.3) is 22.0 Å². The number of para-hydroxylation sites is 1. The van der Waals surface area contributed by atoms with Crippen molar-refractivity contribution in [2.45, 2.75) is 24.7 Å². The van der Waals surface area contributed by atoms with E-state index in [1.54, 1.807) is 11.8 Å². The Morgan fingerprint density at radius 2 is 1.79 bits per heavy atom. The van der Waals surface area contributed by atoms with Gasteiger partial charge in [0.05, 0.1) is 0 Å². The lowest BCUT2D eigenvalue weighted by Gasteiger charge is -2.21. The molecule has 0 saturated heterocycles. The van der Waals surface area contributed by atoms with Crippen LogP contribution < -0.4 is 10.1 Å². The molecular formula is C23H20N4OS. The second-order valence-corrected chi connectivity index (χ2v) is 7.91. The normalized spacial score (nSPS) is 15.0. The van der Waals surface area contributed by atoms with Gasteiger partial charge in [0.25, 0.3) is 0 Å². The second-order valence-electron chi connectivity index (χ2n) is 6.85. The number of fused-ring (bicyclic) bond motifs is 4. The molecule has 1 aliphatic heterocycles. The minimum atomic E-state index is -0.385. The summed E-state index contributed by atoms with van der Waals surface area (Å²) in [6.45, 7) is 2.14. The number of benzene rings is 3. The molecule has 4 aromatic rings. The maximum atomic E-state index is 6.43. The topological polar surface area (TPSA) is 59.9 Å².